The van der Waals surface area contributed by atoms with E-state index in [1.807, 2.05) is 30.3 Å². The van der Waals surface area contributed by atoms with Crippen molar-refractivity contribution in [2.45, 2.75) is 32.2 Å². The number of thiocarbonyl (C=S) groups is 1. The minimum absolute atomic E-state index is 0.0256. The lowest BCUT2D eigenvalue weighted by molar-refractivity contribution is 0.289. The van der Waals surface area contributed by atoms with Crippen LogP contribution in [0.25, 0.3) is 10.9 Å². The Balaban J connectivity index is 1.59. The summed E-state index contributed by atoms with van der Waals surface area (Å²) in [6, 6.07) is 25.1. The lowest BCUT2D eigenvalue weighted by atomic mass is 9.91. The molecular weight excluding hydrogens is 480 g/mol. The number of benzene rings is 3. The quantitative estimate of drug-likeness (QED) is 0.295. The molecule has 0 saturated heterocycles. The molecule has 1 aliphatic heterocycles. The highest BCUT2D eigenvalue weighted by Gasteiger charge is 2.34. The van der Waals surface area contributed by atoms with Gasteiger partial charge in [-0.05, 0) is 71.6 Å². The van der Waals surface area contributed by atoms with Gasteiger partial charge in [0, 0.05) is 27.6 Å². The van der Waals surface area contributed by atoms with E-state index >= 15 is 0 Å². The Hall–Kier alpha value is -2.63. The second-order valence-corrected chi connectivity index (χ2v) is 9.82. The Kier molecular flexibility index (Phi) is 5.78. The predicted octanol–water partition coefficient (Wildman–Crippen LogP) is 7.37. The molecule has 0 spiro atoms. The van der Waals surface area contributed by atoms with Crippen molar-refractivity contribution in [3.8, 4) is 5.75 Å². The third-order valence-electron chi connectivity index (χ3n) is 6.19. The van der Waals surface area contributed by atoms with Gasteiger partial charge in [0.25, 0.3) is 5.17 Å². The molecule has 1 unspecified atom stereocenters. The molecule has 0 amide bonds. The van der Waals surface area contributed by atoms with Crippen molar-refractivity contribution < 1.29 is 4.74 Å². The number of aromatic amines is 1. The van der Waals surface area contributed by atoms with Crippen LogP contribution < -0.4 is 4.74 Å². The zero-order chi connectivity index (χ0) is 22.2. The van der Waals surface area contributed by atoms with E-state index in [0.717, 1.165) is 28.7 Å². The molecule has 162 valence electrons. The molecule has 5 heteroatoms. The predicted molar refractivity (Wildman–Crippen MR) is 138 cm³/mol. The standard InChI is InChI=1S/C27H25BrN2OS/c1-17(2)18-8-10-19(11-9-18)26-25-22(23-16-20(28)12-13-24(23)29-25)14-15-30(26)27(32)31-21-6-4-3-5-7-21/h3-13,16-17,26,29H,14-15H2,1-2H3. The summed E-state index contributed by atoms with van der Waals surface area (Å²) in [6.45, 7) is 5.24. The summed E-state index contributed by atoms with van der Waals surface area (Å²) >= 11 is 9.45. The largest absolute Gasteiger partial charge is 0.432 e. The van der Waals surface area contributed by atoms with Gasteiger partial charge in [-0.1, -0.05) is 72.2 Å². The number of aromatic nitrogens is 1. The topological polar surface area (TPSA) is 28.3 Å². The van der Waals surface area contributed by atoms with Gasteiger partial charge in [0.2, 0.25) is 0 Å². The molecule has 2 heterocycles. The Morgan fingerprint density at radius 1 is 1.06 bits per heavy atom. The van der Waals surface area contributed by atoms with Gasteiger partial charge in [-0.25, -0.2) is 0 Å². The summed E-state index contributed by atoms with van der Waals surface area (Å²) in [5, 5.41) is 1.77. The van der Waals surface area contributed by atoms with Gasteiger partial charge in [0.05, 0.1) is 6.04 Å². The smallest absolute Gasteiger partial charge is 0.265 e. The summed E-state index contributed by atoms with van der Waals surface area (Å²) in [5.74, 6) is 1.26. The van der Waals surface area contributed by atoms with Crippen LogP contribution in [0.4, 0.5) is 0 Å². The molecule has 5 rings (SSSR count). The van der Waals surface area contributed by atoms with Crippen molar-refractivity contribution in [2.75, 3.05) is 6.54 Å². The van der Waals surface area contributed by atoms with Crippen LogP contribution in [0.3, 0.4) is 0 Å². The summed E-state index contributed by atoms with van der Waals surface area (Å²) in [5.41, 5.74) is 6.25. The molecule has 0 fully saturated rings. The Bertz CT molecular complexity index is 1260. The fourth-order valence-electron chi connectivity index (χ4n) is 4.52. The number of nitrogens with zero attached hydrogens (tertiary/aromatic N) is 1. The van der Waals surface area contributed by atoms with Crippen LogP contribution in [0, 0.1) is 0 Å². The highest BCUT2D eigenvalue weighted by Crippen LogP contribution is 2.40. The molecule has 1 atom stereocenters. The zero-order valence-corrected chi connectivity index (χ0v) is 20.5. The van der Waals surface area contributed by atoms with Gasteiger partial charge in [0.1, 0.15) is 5.75 Å². The van der Waals surface area contributed by atoms with E-state index in [-0.39, 0.29) is 6.04 Å². The van der Waals surface area contributed by atoms with Crippen molar-refractivity contribution in [2.24, 2.45) is 0 Å². The number of rotatable bonds is 3. The van der Waals surface area contributed by atoms with Crippen molar-refractivity contribution in [1.82, 2.24) is 9.88 Å². The van der Waals surface area contributed by atoms with Crippen LogP contribution in [-0.2, 0) is 6.42 Å². The maximum atomic E-state index is 6.11. The molecule has 0 radical (unpaired) electrons. The third-order valence-corrected chi connectivity index (χ3v) is 7.00. The molecule has 1 N–H and O–H groups in total. The van der Waals surface area contributed by atoms with Crippen molar-refractivity contribution in [3.05, 3.63) is 99.7 Å². The molecule has 1 aliphatic rings. The first-order valence-corrected chi connectivity index (χ1v) is 12.1. The Morgan fingerprint density at radius 3 is 2.53 bits per heavy atom. The SMILES string of the molecule is CC(C)c1ccc(C2c3[nH]c4ccc(Br)cc4c3CCN2C(=S)Oc2ccccc2)cc1. The van der Waals surface area contributed by atoms with Crippen molar-refractivity contribution in [1.29, 1.82) is 0 Å². The molecule has 4 aromatic rings. The first-order valence-electron chi connectivity index (χ1n) is 10.9. The van der Waals surface area contributed by atoms with Gasteiger partial charge in [-0.3, -0.25) is 0 Å². The third kappa shape index (κ3) is 3.96. The molecule has 3 aromatic carbocycles. The lowest BCUT2D eigenvalue weighted by Crippen LogP contribution is -2.42. The van der Waals surface area contributed by atoms with Gasteiger partial charge < -0.3 is 14.6 Å². The summed E-state index contributed by atoms with van der Waals surface area (Å²) in [4.78, 5) is 5.91. The van der Waals surface area contributed by atoms with Crippen LogP contribution >= 0.6 is 28.1 Å². The van der Waals surface area contributed by atoms with Crippen molar-refractivity contribution in [3.63, 3.8) is 0 Å². The first-order chi connectivity index (χ1) is 15.5. The number of halogens is 1. The van der Waals surface area contributed by atoms with Gasteiger partial charge >= 0.3 is 0 Å². The average Bonchev–Trinajstić information content (AvgIpc) is 3.17. The number of fused-ring (bicyclic) bond motifs is 3. The molecule has 0 aliphatic carbocycles. The monoisotopic (exact) mass is 504 g/mol. The number of H-pyrrole nitrogens is 1. The van der Waals surface area contributed by atoms with E-state index < -0.39 is 0 Å². The maximum Gasteiger partial charge on any atom is 0.265 e. The number of para-hydroxylation sites is 1. The molecule has 0 bridgehead atoms. The fourth-order valence-corrected chi connectivity index (χ4v) is 5.17. The zero-order valence-electron chi connectivity index (χ0n) is 18.1. The lowest BCUT2D eigenvalue weighted by Gasteiger charge is -2.37. The van der Waals surface area contributed by atoms with Crippen LogP contribution in [0.15, 0.2) is 77.3 Å². The minimum atomic E-state index is -0.0256. The average molecular weight is 505 g/mol. The summed E-state index contributed by atoms with van der Waals surface area (Å²) in [6.07, 6.45) is 0.907. The molecular formula is C27H25BrN2OS. The van der Waals surface area contributed by atoms with Crippen molar-refractivity contribution >= 4 is 44.2 Å². The number of nitrogens with one attached hydrogen (secondary N) is 1. The number of ether oxygens (including phenoxy) is 1. The van der Waals surface area contributed by atoms with Crippen LogP contribution in [-0.4, -0.2) is 21.6 Å². The molecule has 3 nitrogen and oxygen atoms in total. The molecule has 32 heavy (non-hydrogen) atoms. The Morgan fingerprint density at radius 2 is 1.81 bits per heavy atom. The van der Waals surface area contributed by atoms with E-state index in [0.29, 0.717) is 11.1 Å². The summed E-state index contributed by atoms with van der Waals surface area (Å²) in [7, 11) is 0. The second-order valence-electron chi connectivity index (χ2n) is 8.56. The fraction of sp³-hybridized carbons (Fsp3) is 0.222. The van der Waals surface area contributed by atoms with E-state index in [4.69, 9.17) is 17.0 Å². The van der Waals surface area contributed by atoms with E-state index in [1.54, 1.807) is 0 Å². The summed E-state index contributed by atoms with van der Waals surface area (Å²) < 4.78 is 7.20. The molecule has 1 aromatic heterocycles. The van der Waals surface area contributed by atoms with Crippen LogP contribution in [0.5, 0.6) is 5.75 Å². The number of hydrogen-bond acceptors (Lipinski definition) is 2. The second kappa shape index (κ2) is 8.72. The normalized spacial score (nSPS) is 15.8. The van der Waals surface area contributed by atoms with Gasteiger partial charge in [-0.15, -0.1) is 0 Å². The van der Waals surface area contributed by atoms with E-state index in [2.05, 4.69) is 82.1 Å². The highest BCUT2D eigenvalue weighted by molar-refractivity contribution is 9.10. The first kappa shape index (κ1) is 21.2. The van der Waals surface area contributed by atoms with Crippen LogP contribution in [0.2, 0.25) is 0 Å². The van der Waals surface area contributed by atoms with Gasteiger partial charge in [0.15, 0.2) is 0 Å². The van der Waals surface area contributed by atoms with E-state index in [1.165, 1.54) is 27.8 Å². The van der Waals surface area contributed by atoms with E-state index in [9.17, 15) is 0 Å². The van der Waals surface area contributed by atoms with Crippen LogP contribution in [0.1, 0.15) is 48.2 Å². The minimum Gasteiger partial charge on any atom is -0.432 e. The highest BCUT2D eigenvalue weighted by atomic mass is 79.9. The maximum absolute atomic E-state index is 6.11. The van der Waals surface area contributed by atoms with Gasteiger partial charge in [-0.2, -0.15) is 0 Å². The Labute approximate surface area is 202 Å². The number of hydrogen-bond donors (Lipinski definition) is 1. The molecule has 0 saturated carbocycles.